The molecule has 0 saturated heterocycles. The molecule has 0 aliphatic heterocycles. The molecule has 4 nitrogen and oxygen atoms in total. The molecule has 0 radical (unpaired) electrons. The minimum atomic E-state index is -0.776. The van der Waals surface area contributed by atoms with Crippen LogP contribution in [0.5, 0.6) is 0 Å². The SMILES string of the molecule is Cc1cc(Cl)ccc1C(O)c1c(Br)nnn1C. The number of benzene rings is 1. The van der Waals surface area contributed by atoms with Gasteiger partial charge in [0.15, 0.2) is 4.60 Å². The predicted octanol–water partition coefficient (Wildman–Crippen LogP) is 2.62. The number of aryl methyl sites for hydroxylation is 2. The Hall–Kier alpha value is -0.910. The molecule has 0 aliphatic rings. The first-order valence-corrected chi connectivity index (χ1v) is 6.17. The van der Waals surface area contributed by atoms with Gasteiger partial charge in [-0.15, -0.1) is 5.10 Å². The van der Waals surface area contributed by atoms with Gasteiger partial charge in [-0.3, -0.25) is 0 Å². The number of aliphatic hydroxyl groups is 1. The van der Waals surface area contributed by atoms with Crippen molar-refractivity contribution < 1.29 is 5.11 Å². The van der Waals surface area contributed by atoms with Crippen molar-refractivity contribution in [1.29, 1.82) is 0 Å². The highest BCUT2D eigenvalue weighted by Crippen LogP contribution is 2.29. The lowest BCUT2D eigenvalue weighted by molar-refractivity contribution is 0.208. The highest BCUT2D eigenvalue weighted by Gasteiger charge is 2.20. The second-order valence-electron chi connectivity index (χ2n) is 3.79. The Morgan fingerprint density at radius 1 is 1.47 bits per heavy atom. The van der Waals surface area contributed by atoms with Crippen LogP contribution in [0.3, 0.4) is 0 Å². The molecule has 0 saturated carbocycles. The van der Waals surface area contributed by atoms with Crippen LogP contribution < -0.4 is 0 Å². The molecule has 1 N–H and O–H groups in total. The van der Waals surface area contributed by atoms with E-state index >= 15 is 0 Å². The summed E-state index contributed by atoms with van der Waals surface area (Å²) in [5.74, 6) is 0. The first kappa shape index (κ1) is 12.5. The highest BCUT2D eigenvalue weighted by molar-refractivity contribution is 9.10. The zero-order valence-electron chi connectivity index (χ0n) is 9.35. The average molecular weight is 317 g/mol. The van der Waals surface area contributed by atoms with Crippen molar-refractivity contribution in [3.63, 3.8) is 0 Å². The molecule has 1 heterocycles. The minimum Gasteiger partial charge on any atom is -0.382 e. The van der Waals surface area contributed by atoms with Crippen molar-refractivity contribution in [2.45, 2.75) is 13.0 Å². The maximum absolute atomic E-state index is 10.3. The number of hydrogen-bond acceptors (Lipinski definition) is 3. The van der Waals surface area contributed by atoms with Gasteiger partial charge in [-0.25, -0.2) is 4.68 Å². The van der Waals surface area contributed by atoms with Crippen molar-refractivity contribution in [1.82, 2.24) is 15.0 Å². The number of aromatic nitrogens is 3. The minimum absolute atomic E-state index is 0.543. The van der Waals surface area contributed by atoms with E-state index in [1.807, 2.05) is 19.1 Å². The zero-order chi connectivity index (χ0) is 12.6. The molecular formula is C11H11BrClN3O. The Kier molecular flexibility index (Phi) is 3.51. The van der Waals surface area contributed by atoms with Crippen LogP contribution in [-0.4, -0.2) is 20.1 Å². The quantitative estimate of drug-likeness (QED) is 0.926. The molecule has 17 heavy (non-hydrogen) atoms. The second-order valence-corrected chi connectivity index (χ2v) is 4.98. The molecule has 90 valence electrons. The van der Waals surface area contributed by atoms with E-state index in [2.05, 4.69) is 26.2 Å². The molecule has 6 heteroatoms. The summed E-state index contributed by atoms with van der Waals surface area (Å²) in [4.78, 5) is 0. The van der Waals surface area contributed by atoms with E-state index in [-0.39, 0.29) is 0 Å². The fraction of sp³-hybridized carbons (Fsp3) is 0.273. The first-order chi connectivity index (χ1) is 8.00. The van der Waals surface area contributed by atoms with Crippen molar-refractivity contribution in [2.24, 2.45) is 7.05 Å². The molecule has 0 aliphatic carbocycles. The van der Waals surface area contributed by atoms with E-state index in [0.717, 1.165) is 11.1 Å². The van der Waals surface area contributed by atoms with Gasteiger partial charge >= 0.3 is 0 Å². The van der Waals surface area contributed by atoms with Crippen molar-refractivity contribution in [2.75, 3.05) is 0 Å². The summed E-state index contributed by atoms with van der Waals surface area (Å²) in [5.41, 5.74) is 2.34. The van der Waals surface area contributed by atoms with Crippen LogP contribution >= 0.6 is 27.5 Å². The van der Waals surface area contributed by atoms with E-state index < -0.39 is 6.10 Å². The van der Waals surface area contributed by atoms with Crippen LogP contribution in [0.25, 0.3) is 0 Å². The van der Waals surface area contributed by atoms with Gasteiger partial charge in [-0.2, -0.15) is 0 Å². The summed E-state index contributed by atoms with van der Waals surface area (Å²) < 4.78 is 2.09. The van der Waals surface area contributed by atoms with E-state index in [9.17, 15) is 5.11 Å². The number of hydrogen-bond donors (Lipinski definition) is 1. The van der Waals surface area contributed by atoms with Crippen LogP contribution in [0.15, 0.2) is 22.8 Å². The number of nitrogens with zero attached hydrogens (tertiary/aromatic N) is 3. The second kappa shape index (κ2) is 4.76. The van der Waals surface area contributed by atoms with E-state index in [1.54, 1.807) is 17.8 Å². The monoisotopic (exact) mass is 315 g/mol. The molecule has 1 aromatic carbocycles. The van der Waals surface area contributed by atoms with E-state index in [0.29, 0.717) is 15.3 Å². The van der Waals surface area contributed by atoms with Gasteiger partial charge in [0, 0.05) is 12.1 Å². The maximum atomic E-state index is 10.3. The molecule has 1 aromatic heterocycles. The van der Waals surface area contributed by atoms with Crippen LogP contribution in [0.2, 0.25) is 5.02 Å². The summed E-state index contributed by atoms with van der Waals surface area (Å²) in [5, 5.41) is 18.7. The first-order valence-electron chi connectivity index (χ1n) is 5.00. The van der Waals surface area contributed by atoms with Crippen LogP contribution in [0, 0.1) is 6.92 Å². The Morgan fingerprint density at radius 2 is 2.18 bits per heavy atom. The van der Waals surface area contributed by atoms with Gasteiger partial charge in [0.05, 0.1) is 0 Å². The molecule has 1 unspecified atom stereocenters. The van der Waals surface area contributed by atoms with Gasteiger partial charge in [-0.05, 0) is 46.1 Å². The van der Waals surface area contributed by atoms with Crippen molar-refractivity contribution >= 4 is 27.5 Å². The van der Waals surface area contributed by atoms with E-state index in [4.69, 9.17) is 11.6 Å². The fourth-order valence-corrected chi connectivity index (χ4v) is 2.49. The Labute approximate surface area is 112 Å². The fourth-order valence-electron chi connectivity index (χ4n) is 1.72. The maximum Gasteiger partial charge on any atom is 0.154 e. The van der Waals surface area contributed by atoms with Crippen molar-refractivity contribution in [3.8, 4) is 0 Å². The zero-order valence-corrected chi connectivity index (χ0v) is 11.7. The molecule has 0 bridgehead atoms. The molecule has 0 spiro atoms. The average Bonchev–Trinajstić information content (AvgIpc) is 2.58. The summed E-state index contributed by atoms with van der Waals surface area (Å²) in [7, 11) is 1.74. The van der Waals surface area contributed by atoms with E-state index in [1.165, 1.54) is 0 Å². The summed E-state index contributed by atoms with van der Waals surface area (Å²) in [6, 6.07) is 5.38. The highest BCUT2D eigenvalue weighted by atomic mass is 79.9. The third-order valence-electron chi connectivity index (χ3n) is 2.61. The standard InChI is InChI=1S/C11H11BrClN3O/c1-6-5-7(13)3-4-8(6)10(17)9-11(12)14-15-16(9)2/h3-5,10,17H,1-2H3. The number of halogens is 2. The topological polar surface area (TPSA) is 50.9 Å². The smallest absolute Gasteiger partial charge is 0.154 e. The number of rotatable bonds is 2. The van der Waals surface area contributed by atoms with Gasteiger partial charge in [0.1, 0.15) is 11.8 Å². The molecule has 2 rings (SSSR count). The molecule has 0 fully saturated rings. The lowest BCUT2D eigenvalue weighted by Crippen LogP contribution is -2.08. The predicted molar refractivity (Wildman–Crippen MR) is 69.0 cm³/mol. The van der Waals surface area contributed by atoms with Gasteiger partial charge in [-0.1, -0.05) is 22.9 Å². The lowest BCUT2D eigenvalue weighted by Gasteiger charge is -2.14. The van der Waals surface area contributed by atoms with Crippen LogP contribution in [-0.2, 0) is 7.05 Å². The Morgan fingerprint density at radius 3 is 2.71 bits per heavy atom. The molecule has 0 amide bonds. The van der Waals surface area contributed by atoms with Crippen LogP contribution in [0.1, 0.15) is 22.9 Å². The summed E-state index contributed by atoms with van der Waals surface area (Å²) >= 11 is 9.16. The normalized spacial score (nSPS) is 12.8. The molecule has 2 aromatic rings. The molecule has 1 atom stereocenters. The largest absolute Gasteiger partial charge is 0.382 e. The lowest BCUT2D eigenvalue weighted by atomic mass is 10.0. The van der Waals surface area contributed by atoms with Crippen LogP contribution in [0.4, 0.5) is 0 Å². The number of aliphatic hydroxyl groups excluding tert-OH is 1. The van der Waals surface area contributed by atoms with Gasteiger partial charge in [0.25, 0.3) is 0 Å². The summed E-state index contributed by atoms with van der Waals surface area (Å²) in [6.45, 7) is 1.90. The summed E-state index contributed by atoms with van der Waals surface area (Å²) in [6.07, 6.45) is -0.776. The van der Waals surface area contributed by atoms with Gasteiger partial charge < -0.3 is 5.11 Å². The molecular weight excluding hydrogens is 305 g/mol. The Bertz CT molecular complexity index is 536. The third kappa shape index (κ3) is 2.36. The Balaban J connectivity index is 2.47. The van der Waals surface area contributed by atoms with Gasteiger partial charge in [0.2, 0.25) is 0 Å². The van der Waals surface area contributed by atoms with Crippen molar-refractivity contribution in [3.05, 3.63) is 44.6 Å². The third-order valence-corrected chi connectivity index (χ3v) is 3.41.